The first kappa shape index (κ1) is 20.0. The van der Waals surface area contributed by atoms with Gasteiger partial charge in [-0.1, -0.05) is 0 Å². The van der Waals surface area contributed by atoms with Gasteiger partial charge in [-0.3, -0.25) is 19.2 Å². The zero-order valence-electron chi connectivity index (χ0n) is 15.4. The smallest absolute Gasteiger partial charge is 0.320 e. The molecule has 1 aliphatic heterocycles. The Kier molecular flexibility index (Phi) is 7.00. The summed E-state index contributed by atoms with van der Waals surface area (Å²) in [5, 5.41) is 4.57. The summed E-state index contributed by atoms with van der Waals surface area (Å²) < 4.78 is 14.5. The van der Waals surface area contributed by atoms with Gasteiger partial charge in [-0.2, -0.15) is 5.10 Å². The second-order valence-corrected chi connectivity index (χ2v) is 7.76. The predicted molar refractivity (Wildman–Crippen MR) is 106 cm³/mol. The third-order valence-corrected chi connectivity index (χ3v) is 5.92. The van der Waals surface area contributed by atoms with Gasteiger partial charge in [-0.25, -0.2) is 4.68 Å². The highest BCUT2D eigenvalue weighted by Crippen LogP contribution is 2.22. The number of thioether (sulfide) groups is 1. The summed E-state index contributed by atoms with van der Waals surface area (Å²) in [4.78, 5) is 18.1. The zero-order chi connectivity index (χ0) is 19.2. The van der Waals surface area contributed by atoms with Crippen LogP contribution in [0.2, 0.25) is 0 Å². The van der Waals surface area contributed by atoms with Crippen molar-refractivity contribution in [1.82, 2.24) is 24.2 Å². The maximum absolute atomic E-state index is 11.9. The van der Waals surface area contributed by atoms with Crippen LogP contribution in [0.1, 0.15) is 0 Å². The highest BCUT2D eigenvalue weighted by atomic mass is 32.2. The van der Waals surface area contributed by atoms with Crippen LogP contribution in [0.4, 0.5) is 0 Å². The fraction of sp³-hybridized carbons (Fsp3) is 0.529. The van der Waals surface area contributed by atoms with Crippen LogP contribution in [0, 0.1) is 4.77 Å². The Morgan fingerprint density at radius 1 is 1.37 bits per heavy atom. The number of hydrogen-bond donors (Lipinski definition) is 0. The molecule has 1 aliphatic rings. The molecule has 0 bridgehead atoms. The molecule has 0 unspecified atom stereocenters. The van der Waals surface area contributed by atoms with E-state index in [1.165, 1.54) is 7.11 Å². The number of carbonyl (C=O) groups excluding carboxylic acids is 1. The lowest BCUT2D eigenvalue weighted by atomic mass is 10.2. The Labute approximate surface area is 167 Å². The van der Waals surface area contributed by atoms with Crippen LogP contribution >= 0.6 is 24.0 Å². The second kappa shape index (κ2) is 9.45. The van der Waals surface area contributed by atoms with E-state index < -0.39 is 0 Å². The van der Waals surface area contributed by atoms with E-state index in [1.54, 1.807) is 31.3 Å². The third-order valence-electron chi connectivity index (χ3n) is 4.33. The van der Waals surface area contributed by atoms with Crippen molar-refractivity contribution in [1.29, 1.82) is 0 Å². The van der Waals surface area contributed by atoms with Crippen molar-refractivity contribution < 1.29 is 14.3 Å². The first-order valence-electron chi connectivity index (χ1n) is 8.62. The Morgan fingerprint density at radius 2 is 2.15 bits per heavy atom. The summed E-state index contributed by atoms with van der Waals surface area (Å²) in [6.45, 7) is 3.19. The van der Waals surface area contributed by atoms with Crippen LogP contribution < -0.4 is 0 Å². The maximum Gasteiger partial charge on any atom is 0.320 e. The Balaban J connectivity index is 1.84. The van der Waals surface area contributed by atoms with Crippen molar-refractivity contribution in [2.24, 2.45) is 0 Å². The minimum atomic E-state index is -0.184. The number of esters is 1. The van der Waals surface area contributed by atoms with Gasteiger partial charge in [0.15, 0.2) is 10.6 Å². The molecule has 0 spiro atoms. The van der Waals surface area contributed by atoms with E-state index >= 15 is 0 Å². The Morgan fingerprint density at radius 3 is 2.85 bits per heavy atom. The van der Waals surface area contributed by atoms with Crippen molar-refractivity contribution in [3.8, 4) is 11.4 Å². The van der Waals surface area contributed by atoms with Gasteiger partial charge in [-0.05, 0) is 24.4 Å². The van der Waals surface area contributed by atoms with E-state index in [9.17, 15) is 4.79 Å². The van der Waals surface area contributed by atoms with Crippen molar-refractivity contribution in [3.05, 3.63) is 29.3 Å². The van der Waals surface area contributed by atoms with E-state index in [0.717, 1.165) is 23.7 Å². The summed E-state index contributed by atoms with van der Waals surface area (Å²) in [6, 6.07) is 3.82. The molecule has 3 rings (SSSR count). The highest BCUT2D eigenvalue weighted by molar-refractivity contribution is 8.00. The minimum Gasteiger partial charge on any atom is -0.468 e. The molecule has 1 fully saturated rings. The quantitative estimate of drug-likeness (QED) is 0.505. The Bertz CT molecular complexity index is 824. The van der Waals surface area contributed by atoms with E-state index in [1.807, 2.05) is 21.4 Å². The average Bonchev–Trinajstić information content (AvgIpc) is 3.02. The molecule has 0 amide bonds. The first-order valence-corrected chi connectivity index (χ1v) is 10.1. The lowest BCUT2D eigenvalue weighted by Crippen LogP contribution is -2.42. The molecule has 27 heavy (non-hydrogen) atoms. The number of methoxy groups -OCH3 is 2. The predicted octanol–water partition coefficient (Wildman–Crippen LogP) is 1.67. The Hall–Kier alpha value is -1.75. The number of pyridine rings is 1. The molecule has 1 atom stereocenters. The van der Waals surface area contributed by atoms with Gasteiger partial charge in [0.25, 0.3) is 0 Å². The van der Waals surface area contributed by atoms with Crippen molar-refractivity contribution >= 4 is 29.9 Å². The van der Waals surface area contributed by atoms with E-state index in [-0.39, 0.29) is 11.2 Å². The van der Waals surface area contributed by atoms with Gasteiger partial charge in [0.05, 0.1) is 26.9 Å². The number of rotatable bonds is 7. The normalized spacial score (nSPS) is 17.8. The van der Waals surface area contributed by atoms with Crippen LogP contribution in [0.15, 0.2) is 24.5 Å². The number of nitrogens with zero attached hydrogens (tertiary/aromatic N) is 5. The monoisotopic (exact) mass is 409 g/mol. The lowest BCUT2D eigenvalue weighted by molar-refractivity contribution is -0.140. The van der Waals surface area contributed by atoms with Crippen LogP contribution in [0.5, 0.6) is 0 Å². The van der Waals surface area contributed by atoms with Gasteiger partial charge in [-0.15, -0.1) is 11.8 Å². The molecule has 1 saturated heterocycles. The molecular weight excluding hydrogens is 386 g/mol. The van der Waals surface area contributed by atoms with Crippen LogP contribution in [0.3, 0.4) is 0 Å². The summed E-state index contributed by atoms with van der Waals surface area (Å²) >= 11 is 7.30. The van der Waals surface area contributed by atoms with E-state index in [2.05, 4.69) is 9.88 Å². The molecular formula is C17H23N5O3S2. The molecule has 146 valence electrons. The molecule has 3 heterocycles. The number of ether oxygens (including phenoxy) is 2. The van der Waals surface area contributed by atoms with E-state index in [4.69, 9.17) is 26.8 Å². The highest BCUT2D eigenvalue weighted by Gasteiger charge is 2.27. The first-order chi connectivity index (χ1) is 13.1. The lowest BCUT2D eigenvalue weighted by Gasteiger charge is -2.30. The van der Waals surface area contributed by atoms with Crippen LogP contribution in [-0.4, -0.2) is 75.1 Å². The fourth-order valence-electron chi connectivity index (χ4n) is 2.93. The van der Waals surface area contributed by atoms with Crippen LogP contribution in [-0.2, 0) is 27.5 Å². The van der Waals surface area contributed by atoms with Crippen molar-refractivity contribution in [3.63, 3.8) is 0 Å². The molecule has 10 heteroatoms. The third kappa shape index (κ3) is 4.75. The van der Waals surface area contributed by atoms with E-state index in [0.29, 0.717) is 31.1 Å². The summed E-state index contributed by atoms with van der Waals surface area (Å²) in [6.07, 6.45) is 3.47. The molecule has 0 saturated carbocycles. The van der Waals surface area contributed by atoms with Gasteiger partial charge in [0.2, 0.25) is 0 Å². The molecule has 8 nitrogen and oxygen atoms in total. The molecule has 0 aromatic carbocycles. The summed E-state index contributed by atoms with van der Waals surface area (Å²) in [5.41, 5.74) is 0.951. The van der Waals surface area contributed by atoms with Crippen molar-refractivity contribution in [2.75, 3.05) is 39.7 Å². The number of carbonyl (C=O) groups is 1. The van der Waals surface area contributed by atoms with Gasteiger partial charge in [0, 0.05) is 43.9 Å². The fourth-order valence-corrected chi connectivity index (χ4v) is 4.40. The summed E-state index contributed by atoms with van der Waals surface area (Å²) in [5.74, 6) is 1.47. The molecule has 0 radical (unpaired) electrons. The van der Waals surface area contributed by atoms with Crippen molar-refractivity contribution in [2.45, 2.75) is 18.5 Å². The zero-order valence-corrected chi connectivity index (χ0v) is 17.0. The molecule has 2 aromatic rings. The SMILES string of the molecule is COCCn1c(-c2ccncc2)nn(CN2CCS[C@H](C(=O)OC)C2)c1=S. The molecule has 0 N–H and O–H groups in total. The van der Waals surface area contributed by atoms with Gasteiger partial charge in [0.1, 0.15) is 5.25 Å². The maximum atomic E-state index is 11.9. The number of hydrogen-bond acceptors (Lipinski definition) is 8. The van der Waals surface area contributed by atoms with Gasteiger partial charge >= 0.3 is 5.97 Å². The second-order valence-electron chi connectivity index (χ2n) is 6.09. The largest absolute Gasteiger partial charge is 0.468 e. The molecule has 2 aromatic heterocycles. The summed E-state index contributed by atoms with van der Waals surface area (Å²) in [7, 11) is 3.09. The van der Waals surface area contributed by atoms with Crippen LogP contribution in [0.25, 0.3) is 11.4 Å². The topological polar surface area (TPSA) is 74.4 Å². The molecule has 0 aliphatic carbocycles. The minimum absolute atomic E-state index is 0.173. The standard InChI is InChI=1S/C17H23N5O3S2/c1-24-9-7-21-15(13-3-5-18-6-4-13)19-22(17(21)26)12-20-8-10-27-14(11-20)16(23)25-2/h3-6,14H,7-12H2,1-2H3/t14-/m0/s1. The number of aromatic nitrogens is 4. The van der Waals surface area contributed by atoms with Gasteiger partial charge < -0.3 is 9.47 Å². The average molecular weight is 410 g/mol.